The van der Waals surface area contributed by atoms with Gasteiger partial charge < -0.3 is 28.8 Å². The highest BCUT2D eigenvalue weighted by atomic mass is 35.5. The number of hydrogen-bond acceptors (Lipinski definition) is 5. The Labute approximate surface area is 282 Å². The van der Waals surface area contributed by atoms with Crippen molar-refractivity contribution in [3.8, 4) is 11.1 Å². The Morgan fingerprint density at radius 1 is 1.04 bits per heavy atom. The van der Waals surface area contributed by atoms with E-state index in [1.54, 1.807) is 11.1 Å². The normalized spacial score (nSPS) is 15.9. The van der Waals surface area contributed by atoms with Gasteiger partial charge in [0.1, 0.15) is 11.7 Å². The average Bonchev–Trinajstić information content (AvgIpc) is 3.42. The molecule has 1 unspecified atom stereocenters. The van der Waals surface area contributed by atoms with Crippen LogP contribution < -0.4 is 0 Å². The van der Waals surface area contributed by atoms with Crippen LogP contribution in [0.1, 0.15) is 87.5 Å². The quantitative estimate of drug-likeness (QED) is 0.172. The number of carboxylic acids is 1. The van der Waals surface area contributed by atoms with Gasteiger partial charge in [-0.25, -0.2) is 9.59 Å². The van der Waals surface area contributed by atoms with Gasteiger partial charge in [-0.15, -0.1) is 0 Å². The van der Waals surface area contributed by atoms with E-state index < -0.39 is 23.8 Å². The standard InChI is InChI=1S/C38H45ClN2O6/c1-25(2)41-23-32(36(42)43)31-17-16-28(22-33(31)41)27-14-12-26(13-15-27)18-19-40(37(44)47-38(3,4)5)24-34(29-9-8-10-30(39)21-29)46-35-11-6-7-20-45-35/h8-10,12-17,21-23,25,34-35H,6-7,11,18-20,24H2,1-5H3,(H,42,43)/t34-,35?/m1/s1. The van der Waals surface area contributed by atoms with Gasteiger partial charge in [0.15, 0.2) is 6.29 Å². The second-order valence-corrected chi connectivity index (χ2v) is 13.9. The minimum atomic E-state index is -0.931. The van der Waals surface area contributed by atoms with Crippen molar-refractivity contribution in [2.75, 3.05) is 19.7 Å². The number of fused-ring (bicyclic) bond motifs is 1. The molecule has 9 heteroatoms. The molecule has 250 valence electrons. The first-order valence-electron chi connectivity index (χ1n) is 16.4. The topological polar surface area (TPSA) is 90.2 Å². The van der Waals surface area contributed by atoms with Crippen LogP contribution in [0.2, 0.25) is 5.02 Å². The third kappa shape index (κ3) is 8.95. The Balaban J connectivity index is 1.35. The number of aromatic nitrogens is 1. The molecule has 1 aromatic heterocycles. The van der Waals surface area contributed by atoms with Crippen molar-refractivity contribution in [2.45, 2.75) is 84.3 Å². The molecule has 8 nitrogen and oxygen atoms in total. The Kier molecular flexibility index (Phi) is 11.0. The van der Waals surface area contributed by atoms with Crippen molar-refractivity contribution in [1.29, 1.82) is 0 Å². The second kappa shape index (κ2) is 14.9. The molecule has 1 aliphatic heterocycles. The van der Waals surface area contributed by atoms with Gasteiger partial charge in [-0.1, -0.05) is 60.1 Å². The van der Waals surface area contributed by atoms with Crippen molar-refractivity contribution < 1.29 is 28.9 Å². The summed E-state index contributed by atoms with van der Waals surface area (Å²) in [6.45, 7) is 11.0. The van der Waals surface area contributed by atoms with Crippen molar-refractivity contribution in [3.63, 3.8) is 0 Å². The van der Waals surface area contributed by atoms with E-state index in [1.165, 1.54) is 0 Å². The van der Waals surface area contributed by atoms with E-state index in [0.717, 1.165) is 52.4 Å². The number of carbonyl (C=O) groups excluding carboxylic acids is 1. The molecule has 0 spiro atoms. The fraction of sp³-hybridized carbons (Fsp3) is 0.421. The van der Waals surface area contributed by atoms with Crippen LogP contribution in [0.4, 0.5) is 4.79 Å². The van der Waals surface area contributed by atoms with Gasteiger partial charge in [0.05, 0.1) is 12.1 Å². The summed E-state index contributed by atoms with van der Waals surface area (Å²) in [6, 6.07) is 21.8. The van der Waals surface area contributed by atoms with E-state index in [9.17, 15) is 14.7 Å². The van der Waals surface area contributed by atoms with Crippen molar-refractivity contribution >= 4 is 34.6 Å². The molecule has 1 saturated heterocycles. The van der Waals surface area contributed by atoms with Crippen molar-refractivity contribution in [1.82, 2.24) is 9.47 Å². The third-order valence-electron chi connectivity index (χ3n) is 8.29. The zero-order valence-corrected chi connectivity index (χ0v) is 28.6. The Morgan fingerprint density at radius 2 is 1.79 bits per heavy atom. The van der Waals surface area contributed by atoms with Gasteiger partial charge in [0.2, 0.25) is 0 Å². The monoisotopic (exact) mass is 660 g/mol. The summed E-state index contributed by atoms with van der Waals surface area (Å²) in [7, 11) is 0. The van der Waals surface area contributed by atoms with E-state index in [-0.39, 0.29) is 18.9 Å². The number of rotatable bonds is 11. The fourth-order valence-corrected chi connectivity index (χ4v) is 6.07. The smallest absolute Gasteiger partial charge is 0.410 e. The van der Waals surface area contributed by atoms with E-state index in [2.05, 4.69) is 24.3 Å². The first kappa shape index (κ1) is 34.5. The van der Waals surface area contributed by atoms with Gasteiger partial charge in [-0.2, -0.15) is 0 Å². The number of aromatic carboxylic acids is 1. The zero-order valence-electron chi connectivity index (χ0n) is 27.9. The number of carbonyl (C=O) groups is 2. The summed E-state index contributed by atoms with van der Waals surface area (Å²) in [5.41, 5.74) is 4.51. The maximum absolute atomic E-state index is 13.5. The summed E-state index contributed by atoms with van der Waals surface area (Å²) in [5.74, 6) is -0.931. The maximum atomic E-state index is 13.5. The molecular weight excluding hydrogens is 616 g/mol. The summed E-state index contributed by atoms with van der Waals surface area (Å²) in [5, 5.41) is 11.0. The number of ether oxygens (including phenoxy) is 3. The number of amides is 1. The Hall–Kier alpha value is -3.85. The second-order valence-electron chi connectivity index (χ2n) is 13.4. The fourth-order valence-electron chi connectivity index (χ4n) is 5.88. The molecule has 4 aromatic rings. The van der Waals surface area contributed by atoms with Crippen LogP contribution in [0, 0.1) is 0 Å². The zero-order chi connectivity index (χ0) is 33.7. The van der Waals surface area contributed by atoms with E-state index >= 15 is 0 Å². The molecule has 0 radical (unpaired) electrons. The highest BCUT2D eigenvalue weighted by Gasteiger charge is 2.28. The van der Waals surface area contributed by atoms with Crippen LogP contribution in [-0.2, 0) is 20.6 Å². The van der Waals surface area contributed by atoms with Gasteiger partial charge in [-0.05, 0) is 101 Å². The minimum absolute atomic E-state index is 0.121. The van der Waals surface area contributed by atoms with E-state index in [4.69, 9.17) is 25.8 Å². The van der Waals surface area contributed by atoms with Crippen molar-refractivity contribution in [2.24, 2.45) is 0 Å². The number of benzene rings is 3. The third-order valence-corrected chi connectivity index (χ3v) is 8.53. The molecule has 1 amide bonds. The predicted molar refractivity (Wildman–Crippen MR) is 185 cm³/mol. The molecule has 0 aliphatic carbocycles. The highest BCUT2D eigenvalue weighted by Crippen LogP contribution is 2.31. The lowest BCUT2D eigenvalue weighted by Gasteiger charge is -2.33. The molecule has 5 rings (SSSR count). The molecule has 0 bridgehead atoms. The van der Waals surface area contributed by atoms with Crippen LogP contribution in [0.25, 0.3) is 22.0 Å². The van der Waals surface area contributed by atoms with Gasteiger partial charge in [0, 0.05) is 41.3 Å². The highest BCUT2D eigenvalue weighted by molar-refractivity contribution is 6.30. The molecular formula is C38H45ClN2O6. The Bertz CT molecular complexity index is 1680. The lowest BCUT2D eigenvalue weighted by molar-refractivity contribution is -0.192. The number of halogens is 1. The first-order chi connectivity index (χ1) is 22.4. The largest absolute Gasteiger partial charge is 0.478 e. The summed E-state index contributed by atoms with van der Waals surface area (Å²) in [4.78, 5) is 27.1. The van der Waals surface area contributed by atoms with Crippen LogP contribution >= 0.6 is 11.6 Å². The summed E-state index contributed by atoms with van der Waals surface area (Å²) >= 11 is 6.36. The van der Waals surface area contributed by atoms with Crippen LogP contribution in [0.5, 0.6) is 0 Å². The van der Waals surface area contributed by atoms with Crippen molar-refractivity contribution in [3.05, 3.63) is 94.6 Å². The van der Waals surface area contributed by atoms with Crippen LogP contribution in [0.15, 0.2) is 72.9 Å². The lowest BCUT2D eigenvalue weighted by atomic mass is 10.0. The van der Waals surface area contributed by atoms with Gasteiger partial charge >= 0.3 is 12.1 Å². The Morgan fingerprint density at radius 3 is 2.43 bits per heavy atom. The lowest BCUT2D eigenvalue weighted by Crippen LogP contribution is -2.41. The van der Waals surface area contributed by atoms with Crippen LogP contribution in [-0.4, -0.2) is 58.2 Å². The van der Waals surface area contributed by atoms with E-state index in [0.29, 0.717) is 30.2 Å². The molecule has 0 saturated carbocycles. The molecule has 1 N–H and O–H groups in total. The summed E-state index contributed by atoms with van der Waals surface area (Å²) in [6.07, 6.45) is 3.96. The molecule has 3 aromatic carbocycles. The number of carboxylic acid groups (broad SMARTS) is 1. The predicted octanol–water partition coefficient (Wildman–Crippen LogP) is 9.30. The molecule has 47 heavy (non-hydrogen) atoms. The average molecular weight is 661 g/mol. The van der Waals surface area contributed by atoms with Crippen LogP contribution in [0.3, 0.4) is 0 Å². The first-order valence-corrected chi connectivity index (χ1v) is 16.7. The maximum Gasteiger partial charge on any atom is 0.410 e. The number of nitrogens with zero attached hydrogens (tertiary/aromatic N) is 2. The number of hydrogen-bond donors (Lipinski definition) is 1. The molecule has 1 fully saturated rings. The van der Waals surface area contributed by atoms with Gasteiger partial charge in [-0.3, -0.25) is 0 Å². The molecule has 2 atom stereocenters. The SMILES string of the molecule is CC(C)n1cc(C(=O)O)c2ccc(-c3ccc(CCN(C[C@@H](OC4CCCCO4)c4cccc(Cl)c4)C(=O)OC(C)(C)C)cc3)cc21. The minimum Gasteiger partial charge on any atom is -0.478 e. The van der Waals surface area contributed by atoms with E-state index in [1.807, 2.05) is 81.7 Å². The summed E-state index contributed by atoms with van der Waals surface area (Å²) < 4.78 is 20.2. The molecule has 2 heterocycles. The van der Waals surface area contributed by atoms with Gasteiger partial charge in [0.25, 0.3) is 0 Å². The molecule has 1 aliphatic rings.